The predicted octanol–water partition coefficient (Wildman–Crippen LogP) is 1.89. The molecule has 2 aromatic heterocycles. The van der Waals surface area contributed by atoms with E-state index in [2.05, 4.69) is 15.3 Å². The number of carbonyl (C=O) groups excluding carboxylic acids is 1. The number of nitrogens with one attached hydrogen (secondary N) is 1. The second kappa shape index (κ2) is 5.52. The third-order valence-corrected chi connectivity index (χ3v) is 4.26. The first-order valence-corrected chi connectivity index (χ1v) is 7.40. The molecule has 0 spiro atoms. The number of halogens is 1. The number of amides is 1. The average molecular weight is 308 g/mol. The van der Waals surface area contributed by atoms with Gasteiger partial charge in [0.2, 0.25) is 5.91 Å². The van der Waals surface area contributed by atoms with Gasteiger partial charge < -0.3 is 4.90 Å². The maximum Gasteiger partial charge on any atom is 0.227 e. The summed E-state index contributed by atoms with van der Waals surface area (Å²) in [7, 11) is 0. The lowest BCUT2D eigenvalue weighted by molar-refractivity contribution is -0.129. The number of hydrogen-bond donors (Lipinski definition) is 1. The van der Waals surface area contributed by atoms with Crippen LogP contribution in [0.3, 0.4) is 0 Å². The molecule has 1 amide bonds. The molecular weight excluding hydrogens is 290 g/mol. The molecule has 3 heterocycles. The molecular formula is C14H18ClN5O. The lowest BCUT2D eigenvalue weighted by Crippen LogP contribution is -2.30. The lowest BCUT2D eigenvalue weighted by atomic mass is 10.1. The Morgan fingerprint density at radius 2 is 2.33 bits per heavy atom. The first kappa shape index (κ1) is 14.1. The van der Waals surface area contributed by atoms with Crippen LogP contribution in [0.5, 0.6) is 0 Å². The largest absolute Gasteiger partial charge is 0.340 e. The van der Waals surface area contributed by atoms with Crippen LogP contribution in [0, 0.1) is 13.8 Å². The van der Waals surface area contributed by atoms with E-state index in [1.807, 2.05) is 29.6 Å². The van der Waals surface area contributed by atoms with Crippen LogP contribution >= 0.6 is 11.6 Å². The molecule has 1 aliphatic rings. The Morgan fingerprint density at radius 3 is 2.95 bits per heavy atom. The van der Waals surface area contributed by atoms with Gasteiger partial charge in [0.25, 0.3) is 0 Å². The molecule has 1 saturated heterocycles. The molecule has 1 atom stereocenters. The Bertz CT molecular complexity index is 643. The zero-order valence-corrected chi connectivity index (χ0v) is 12.9. The number of aromatic nitrogens is 4. The zero-order chi connectivity index (χ0) is 15.0. The smallest absolute Gasteiger partial charge is 0.227 e. The van der Waals surface area contributed by atoms with Gasteiger partial charge in [-0.15, -0.1) is 0 Å². The summed E-state index contributed by atoms with van der Waals surface area (Å²) in [5, 5.41) is 11.9. The van der Waals surface area contributed by atoms with Crippen LogP contribution in [0.25, 0.3) is 0 Å². The van der Waals surface area contributed by atoms with Crippen LogP contribution in [0.2, 0.25) is 5.02 Å². The van der Waals surface area contributed by atoms with E-state index in [4.69, 9.17) is 11.6 Å². The molecule has 0 aliphatic carbocycles. The minimum atomic E-state index is 0.142. The topological polar surface area (TPSA) is 66.8 Å². The maximum atomic E-state index is 12.4. The molecule has 0 aromatic carbocycles. The maximum absolute atomic E-state index is 12.4. The fourth-order valence-electron chi connectivity index (χ4n) is 2.80. The van der Waals surface area contributed by atoms with E-state index >= 15 is 0 Å². The normalized spacial score (nSPS) is 18.4. The van der Waals surface area contributed by atoms with Crippen LogP contribution in [-0.4, -0.2) is 43.9 Å². The van der Waals surface area contributed by atoms with Crippen molar-refractivity contribution in [1.82, 2.24) is 24.9 Å². The van der Waals surface area contributed by atoms with E-state index in [-0.39, 0.29) is 11.9 Å². The van der Waals surface area contributed by atoms with Gasteiger partial charge in [-0.25, -0.2) is 0 Å². The van der Waals surface area contributed by atoms with Crippen LogP contribution in [0.4, 0.5) is 0 Å². The van der Waals surface area contributed by atoms with Crippen LogP contribution < -0.4 is 0 Å². The molecule has 1 aliphatic heterocycles. The summed E-state index contributed by atoms with van der Waals surface area (Å²) in [6.45, 7) is 5.31. The van der Waals surface area contributed by atoms with Crippen molar-refractivity contribution < 1.29 is 4.79 Å². The quantitative estimate of drug-likeness (QED) is 0.941. The highest BCUT2D eigenvalue weighted by molar-refractivity contribution is 6.30. The lowest BCUT2D eigenvalue weighted by Gasteiger charge is -2.16. The third-order valence-electron chi connectivity index (χ3n) is 4.07. The van der Waals surface area contributed by atoms with Crippen molar-refractivity contribution in [2.75, 3.05) is 13.1 Å². The summed E-state index contributed by atoms with van der Waals surface area (Å²) in [6.07, 6.45) is 4.75. The number of H-pyrrole nitrogens is 1. The molecule has 0 bridgehead atoms. The van der Waals surface area contributed by atoms with Gasteiger partial charge in [-0.1, -0.05) is 11.6 Å². The number of rotatable bonds is 3. The van der Waals surface area contributed by atoms with E-state index in [1.165, 1.54) is 0 Å². The summed E-state index contributed by atoms with van der Waals surface area (Å²) < 4.78 is 1.85. The number of aromatic amines is 1. The van der Waals surface area contributed by atoms with E-state index in [1.54, 1.807) is 6.20 Å². The van der Waals surface area contributed by atoms with Crippen molar-refractivity contribution in [3.8, 4) is 0 Å². The number of likely N-dealkylation sites (tertiary alicyclic amines) is 1. The van der Waals surface area contributed by atoms with Gasteiger partial charge in [0.15, 0.2) is 0 Å². The van der Waals surface area contributed by atoms with Gasteiger partial charge in [0.05, 0.1) is 29.4 Å². The Labute approximate surface area is 128 Å². The van der Waals surface area contributed by atoms with Crippen molar-refractivity contribution >= 4 is 17.5 Å². The van der Waals surface area contributed by atoms with Gasteiger partial charge in [-0.05, 0) is 20.3 Å². The first-order valence-electron chi connectivity index (χ1n) is 7.02. The summed E-state index contributed by atoms with van der Waals surface area (Å²) >= 11 is 5.89. The highest BCUT2D eigenvalue weighted by Gasteiger charge is 2.28. The fraction of sp³-hybridized carbons (Fsp3) is 0.500. The molecule has 1 fully saturated rings. The van der Waals surface area contributed by atoms with Crippen LogP contribution in [0.15, 0.2) is 12.4 Å². The standard InChI is InChI=1S/C14H18ClN5O/c1-9-13(10(2)18-17-9)5-14(21)19-4-3-12(8-19)20-7-11(15)6-16-20/h6-7,12H,3-5,8H2,1-2H3,(H,17,18). The van der Waals surface area contributed by atoms with Crippen molar-refractivity contribution in [1.29, 1.82) is 0 Å². The molecule has 1 unspecified atom stereocenters. The van der Waals surface area contributed by atoms with E-state index in [9.17, 15) is 4.79 Å². The van der Waals surface area contributed by atoms with E-state index in [0.717, 1.165) is 29.9 Å². The summed E-state index contributed by atoms with van der Waals surface area (Å²) in [4.78, 5) is 14.3. The summed E-state index contributed by atoms with van der Waals surface area (Å²) in [6, 6.07) is 0.216. The van der Waals surface area contributed by atoms with Gasteiger partial charge in [0, 0.05) is 30.5 Å². The molecule has 7 heteroatoms. The Morgan fingerprint density at radius 1 is 1.52 bits per heavy atom. The first-order chi connectivity index (χ1) is 10.0. The van der Waals surface area contributed by atoms with Crippen LogP contribution in [-0.2, 0) is 11.2 Å². The average Bonchev–Trinajstić information content (AvgIpc) is 3.15. The fourth-order valence-corrected chi connectivity index (χ4v) is 2.94. The second-order valence-electron chi connectivity index (χ2n) is 5.51. The number of nitrogens with zero attached hydrogens (tertiary/aromatic N) is 4. The number of carbonyl (C=O) groups is 1. The molecule has 112 valence electrons. The molecule has 2 aromatic rings. The highest BCUT2D eigenvalue weighted by atomic mass is 35.5. The molecule has 1 N–H and O–H groups in total. The second-order valence-corrected chi connectivity index (χ2v) is 5.95. The number of aryl methyl sites for hydroxylation is 2. The molecule has 21 heavy (non-hydrogen) atoms. The van der Waals surface area contributed by atoms with Crippen molar-refractivity contribution in [3.05, 3.63) is 34.4 Å². The SMILES string of the molecule is Cc1n[nH]c(C)c1CC(=O)N1CCC(n2cc(Cl)cn2)C1. The summed E-state index contributed by atoms with van der Waals surface area (Å²) in [5.41, 5.74) is 2.87. The predicted molar refractivity (Wildman–Crippen MR) is 79.2 cm³/mol. The van der Waals surface area contributed by atoms with Crippen molar-refractivity contribution in [2.24, 2.45) is 0 Å². The highest BCUT2D eigenvalue weighted by Crippen LogP contribution is 2.23. The molecule has 6 nitrogen and oxygen atoms in total. The van der Waals surface area contributed by atoms with Crippen molar-refractivity contribution in [2.45, 2.75) is 32.7 Å². The number of hydrogen-bond acceptors (Lipinski definition) is 3. The Hall–Kier alpha value is -1.82. The third kappa shape index (κ3) is 2.81. The molecule has 3 rings (SSSR count). The Balaban J connectivity index is 1.65. The van der Waals surface area contributed by atoms with E-state index < -0.39 is 0 Å². The van der Waals surface area contributed by atoms with Gasteiger partial charge in [-0.3, -0.25) is 14.6 Å². The van der Waals surface area contributed by atoms with Crippen molar-refractivity contribution in [3.63, 3.8) is 0 Å². The zero-order valence-electron chi connectivity index (χ0n) is 12.1. The van der Waals surface area contributed by atoms with Crippen LogP contribution in [0.1, 0.15) is 29.4 Å². The van der Waals surface area contributed by atoms with Gasteiger partial charge >= 0.3 is 0 Å². The Kier molecular flexibility index (Phi) is 3.71. The molecule has 0 saturated carbocycles. The van der Waals surface area contributed by atoms with E-state index in [0.29, 0.717) is 18.0 Å². The molecule has 0 radical (unpaired) electrons. The van der Waals surface area contributed by atoms with Gasteiger partial charge in [0.1, 0.15) is 0 Å². The minimum Gasteiger partial charge on any atom is -0.340 e. The summed E-state index contributed by atoms with van der Waals surface area (Å²) in [5.74, 6) is 0.142. The minimum absolute atomic E-state index is 0.142. The monoisotopic (exact) mass is 307 g/mol. The van der Waals surface area contributed by atoms with Gasteiger partial charge in [-0.2, -0.15) is 10.2 Å².